The molecule has 1 aromatic heterocycles. The third kappa shape index (κ3) is 2.89. The molecule has 1 saturated carbocycles. The highest BCUT2D eigenvalue weighted by atomic mass is 15.1. The maximum atomic E-state index is 9.36. The molecule has 0 N–H and O–H groups in total. The first kappa shape index (κ1) is 13.9. The lowest BCUT2D eigenvalue weighted by Crippen LogP contribution is -2.35. The second-order valence-corrected chi connectivity index (χ2v) is 5.88. The number of nitrogens with zero attached hydrogens (tertiary/aromatic N) is 3. The van der Waals surface area contributed by atoms with Crippen LogP contribution in [0.5, 0.6) is 0 Å². The summed E-state index contributed by atoms with van der Waals surface area (Å²) in [7, 11) is 2.12. The smallest absolute Gasteiger partial charge is 0.103 e. The van der Waals surface area contributed by atoms with Gasteiger partial charge < -0.3 is 4.90 Å². The number of pyridine rings is 1. The van der Waals surface area contributed by atoms with Crippen LogP contribution in [0.25, 0.3) is 0 Å². The molecule has 0 amide bonds. The SMILES string of the molecule is Cc1cc(N(C)C2CCC(C)CC2)c(C#N)c(C)n1. The number of hydrogen-bond donors (Lipinski definition) is 0. The molecule has 1 aliphatic carbocycles. The number of nitriles is 1. The zero-order valence-corrected chi connectivity index (χ0v) is 12.4. The Balaban J connectivity index is 2.28. The molecule has 2 rings (SSSR count). The van der Waals surface area contributed by atoms with E-state index in [1.54, 1.807) is 0 Å². The highest BCUT2D eigenvalue weighted by Crippen LogP contribution is 2.31. The highest BCUT2D eigenvalue weighted by molar-refractivity contribution is 5.61. The van der Waals surface area contributed by atoms with Crippen LogP contribution >= 0.6 is 0 Å². The Morgan fingerprint density at radius 2 is 1.89 bits per heavy atom. The number of rotatable bonds is 2. The van der Waals surface area contributed by atoms with Gasteiger partial charge >= 0.3 is 0 Å². The van der Waals surface area contributed by atoms with Crippen LogP contribution in [0, 0.1) is 31.1 Å². The minimum absolute atomic E-state index is 0.560. The van der Waals surface area contributed by atoms with Crippen molar-refractivity contribution in [3.63, 3.8) is 0 Å². The molecule has 19 heavy (non-hydrogen) atoms. The summed E-state index contributed by atoms with van der Waals surface area (Å²) < 4.78 is 0. The van der Waals surface area contributed by atoms with Gasteiger partial charge in [0.15, 0.2) is 0 Å². The summed E-state index contributed by atoms with van der Waals surface area (Å²) in [5, 5.41) is 9.36. The van der Waals surface area contributed by atoms with Gasteiger partial charge in [-0.25, -0.2) is 0 Å². The number of anilines is 1. The van der Waals surface area contributed by atoms with Crippen molar-refractivity contribution in [2.45, 2.75) is 52.5 Å². The second-order valence-electron chi connectivity index (χ2n) is 5.88. The van der Waals surface area contributed by atoms with Crippen molar-refractivity contribution < 1.29 is 0 Å². The van der Waals surface area contributed by atoms with E-state index in [0.717, 1.165) is 28.6 Å². The third-order valence-electron chi connectivity index (χ3n) is 4.33. The van der Waals surface area contributed by atoms with Crippen molar-refractivity contribution in [3.8, 4) is 6.07 Å². The first-order valence-corrected chi connectivity index (χ1v) is 7.14. The predicted octanol–water partition coefficient (Wildman–Crippen LogP) is 3.59. The molecule has 1 aromatic rings. The van der Waals surface area contributed by atoms with Gasteiger partial charge in [-0.05, 0) is 51.5 Å². The minimum atomic E-state index is 0.560. The van der Waals surface area contributed by atoms with Gasteiger partial charge in [-0.2, -0.15) is 5.26 Å². The molecule has 0 aromatic carbocycles. The van der Waals surface area contributed by atoms with Crippen molar-refractivity contribution >= 4 is 5.69 Å². The van der Waals surface area contributed by atoms with Crippen LogP contribution in [0.15, 0.2) is 6.07 Å². The molecule has 0 spiro atoms. The first-order chi connectivity index (χ1) is 9.02. The lowest BCUT2D eigenvalue weighted by Gasteiger charge is -2.35. The molecule has 0 unspecified atom stereocenters. The number of hydrogen-bond acceptors (Lipinski definition) is 3. The van der Waals surface area contributed by atoms with Crippen LogP contribution in [0.3, 0.4) is 0 Å². The third-order valence-corrected chi connectivity index (χ3v) is 4.33. The van der Waals surface area contributed by atoms with Gasteiger partial charge in [-0.3, -0.25) is 4.98 Å². The molecule has 1 aliphatic rings. The summed E-state index contributed by atoms with van der Waals surface area (Å²) in [4.78, 5) is 6.69. The van der Waals surface area contributed by atoms with E-state index < -0.39 is 0 Å². The Labute approximate surface area is 116 Å². The molecular formula is C16H23N3. The molecule has 0 aliphatic heterocycles. The number of aryl methyl sites for hydroxylation is 2. The second kappa shape index (κ2) is 5.61. The van der Waals surface area contributed by atoms with Gasteiger partial charge in [0, 0.05) is 18.8 Å². The zero-order valence-electron chi connectivity index (χ0n) is 12.4. The summed E-state index contributed by atoms with van der Waals surface area (Å²) in [6.45, 7) is 6.25. The summed E-state index contributed by atoms with van der Waals surface area (Å²) in [6.07, 6.45) is 5.03. The zero-order chi connectivity index (χ0) is 14.0. The summed E-state index contributed by atoms with van der Waals surface area (Å²) in [5.41, 5.74) is 3.61. The van der Waals surface area contributed by atoms with Gasteiger partial charge in [0.1, 0.15) is 6.07 Å². The van der Waals surface area contributed by atoms with Crippen LogP contribution < -0.4 is 4.90 Å². The standard InChI is InChI=1S/C16H23N3/c1-11-5-7-14(8-6-11)19(4)16-9-12(2)18-13(3)15(16)10-17/h9,11,14H,5-8H2,1-4H3. The summed E-state index contributed by atoms with van der Waals surface area (Å²) in [5.74, 6) is 0.848. The van der Waals surface area contributed by atoms with Crippen LogP contribution in [0.2, 0.25) is 0 Å². The topological polar surface area (TPSA) is 39.9 Å². The molecule has 0 atom stereocenters. The molecule has 0 radical (unpaired) electrons. The molecule has 0 saturated heterocycles. The normalized spacial score (nSPS) is 22.9. The van der Waals surface area contributed by atoms with Crippen LogP contribution in [0.1, 0.15) is 49.6 Å². The first-order valence-electron chi connectivity index (χ1n) is 7.14. The predicted molar refractivity (Wildman–Crippen MR) is 78.2 cm³/mol. The molecule has 0 bridgehead atoms. The van der Waals surface area contributed by atoms with Crippen molar-refractivity contribution in [1.29, 1.82) is 5.26 Å². The summed E-state index contributed by atoms with van der Waals surface area (Å²) in [6, 6.07) is 4.92. The van der Waals surface area contributed by atoms with Crippen molar-refractivity contribution in [2.24, 2.45) is 5.92 Å². The monoisotopic (exact) mass is 257 g/mol. The van der Waals surface area contributed by atoms with Gasteiger partial charge in [-0.15, -0.1) is 0 Å². The molecule has 3 nitrogen and oxygen atoms in total. The lowest BCUT2D eigenvalue weighted by molar-refractivity contribution is 0.340. The van der Waals surface area contributed by atoms with E-state index in [9.17, 15) is 5.26 Å². The fourth-order valence-electron chi connectivity index (χ4n) is 3.05. The van der Waals surface area contributed by atoms with Gasteiger partial charge in [0.25, 0.3) is 0 Å². The van der Waals surface area contributed by atoms with E-state index in [1.807, 2.05) is 19.9 Å². The molecular weight excluding hydrogens is 234 g/mol. The van der Waals surface area contributed by atoms with E-state index in [1.165, 1.54) is 25.7 Å². The largest absolute Gasteiger partial charge is 0.370 e. The van der Waals surface area contributed by atoms with E-state index in [-0.39, 0.29) is 0 Å². The van der Waals surface area contributed by atoms with Crippen LogP contribution in [-0.4, -0.2) is 18.1 Å². The van der Waals surface area contributed by atoms with Gasteiger partial charge in [-0.1, -0.05) is 6.92 Å². The molecule has 102 valence electrons. The maximum absolute atomic E-state index is 9.36. The summed E-state index contributed by atoms with van der Waals surface area (Å²) >= 11 is 0. The maximum Gasteiger partial charge on any atom is 0.103 e. The van der Waals surface area contributed by atoms with Crippen LogP contribution in [-0.2, 0) is 0 Å². The number of aromatic nitrogens is 1. The minimum Gasteiger partial charge on any atom is -0.370 e. The molecule has 1 heterocycles. The average molecular weight is 257 g/mol. The Bertz CT molecular complexity index is 493. The van der Waals surface area contributed by atoms with Crippen molar-refractivity contribution in [3.05, 3.63) is 23.0 Å². The fourth-order valence-corrected chi connectivity index (χ4v) is 3.05. The average Bonchev–Trinajstić information content (AvgIpc) is 2.38. The van der Waals surface area contributed by atoms with E-state index in [2.05, 4.69) is 29.9 Å². The van der Waals surface area contributed by atoms with E-state index in [0.29, 0.717) is 6.04 Å². The van der Waals surface area contributed by atoms with Crippen molar-refractivity contribution in [2.75, 3.05) is 11.9 Å². The van der Waals surface area contributed by atoms with E-state index in [4.69, 9.17) is 0 Å². The highest BCUT2D eigenvalue weighted by Gasteiger charge is 2.24. The van der Waals surface area contributed by atoms with Gasteiger partial charge in [0.05, 0.1) is 16.9 Å². The Morgan fingerprint density at radius 3 is 2.47 bits per heavy atom. The van der Waals surface area contributed by atoms with Gasteiger partial charge in [0.2, 0.25) is 0 Å². The lowest BCUT2D eigenvalue weighted by atomic mass is 9.86. The van der Waals surface area contributed by atoms with Crippen molar-refractivity contribution in [1.82, 2.24) is 4.98 Å². The molecule has 3 heteroatoms. The Kier molecular flexibility index (Phi) is 4.09. The molecule has 1 fully saturated rings. The quantitative estimate of drug-likeness (QED) is 0.813. The fraction of sp³-hybridized carbons (Fsp3) is 0.625. The Hall–Kier alpha value is -1.56. The van der Waals surface area contributed by atoms with E-state index >= 15 is 0 Å². The Morgan fingerprint density at radius 1 is 1.26 bits per heavy atom. The van der Waals surface area contributed by atoms with Crippen LogP contribution in [0.4, 0.5) is 5.69 Å².